The van der Waals surface area contributed by atoms with Gasteiger partial charge in [0.2, 0.25) is 5.91 Å². The van der Waals surface area contributed by atoms with Crippen LogP contribution in [0.25, 0.3) is 0 Å². The maximum atomic E-state index is 13.4. The lowest BCUT2D eigenvalue weighted by molar-refractivity contribution is -0.180. The second-order valence-electron chi connectivity index (χ2n) is 8.42. The van der Waals surface area contributed by atoms with Gasteiger partial charge in [0, 0.05) is 26.2 Å². The van der Waals surface area contributed by atoms with Crippen LogP contribution in [0.2, 0.25) is 0 Å². The third kappa shape index (κ3) is 2.51. The van der Waals surface area contributed by atoms with E-state index in [4.69, 9.17) is 0 Å². The Morgan fingerprint density at radius 1 is 1.12 bits per heavy atom. The summed E-state index contributed by atoms with van der Waals surface area (Å²) in [5.41, 5.74) is 0.338. The smallest absolute Gasteiger partial charge is 0.252 e. The van der Waals surface area contributed by atoms with Crippen molar-refractivity contribution in [2.45, 2.75) is 43.5 Å². The normalized spacial score (nSPS) is 31.3. The van der Waals surface area contributed by atoms with Crippen LogP contribution < -0.4 is 0 Å². The van der Waals surface area contributed by atoms with Crippen molar-refractivity contribution in [3.8, 4) is 0 Å². The number of hydrogen-bond acceptors (Lipinski definition) is 5. The lowest BCUT2D eigenvalue weighted by atomic mass is 9.82. The number of benzene rings is 1. The molecule has 3 heterocycles. The zero-order valence-electron chi connectivity index (χ0n) is 14.9. The number of nitrogens with zero attached hydrogens (tertiary/aromatic N) is 3. The van der Waals surface area contributed by atoms with Gasteiger partial charge in [-0.25, -0.2) is 0 Å². The van der Waals surface area contributed by atoms with Crippen LogP contribution in [0.1, 0.15) is 24.8 Å². The number of β-amino-alcohol motifs (C(OH)–C–C–N with tert-alkyl or cyclic N) is 1. The predicted molar refractivity (Wildman–Crippen MR) is 95.0 cm³/mol. The molecule has 6 heteroatoms. The van der Waals surface area contributed by atoms with Gasteiger partial charge >= 0.3 is 0 Å². The average molecular weight is 355 g/mol. The number of rotatable bonds is 4. The number of amides is 2. The van der Waals surface area contributed by atoms with E-state index in [-0.39, 0.29) is 17.9 Å². The van der Waals surface area contributed by atoms with Gasteiger partial charge in [-0.2, -0.15) is 0 Å². The van der Waals surface area contributed by atoms with Crippen molar-refractivity contribution >= 4 is 11.8 Å². The van der Waals surface area contributed by atoms with Crippen molar-refractivity contribution in [3.63, 3.8) is 0 Å². The number of fused-ring (bicyclic) bond motifs is 2. The SMILES string of the molecule is O=C1C2CC(O)CN2C2(CN(CC3CC3)C2)C(=O)N1Cc1ccccc1. The molecule has 0 bridgehead atoms. The van der Waals surface area contributed by atoms with Gasteiger partial charge in [-0.1, -0.05) is 30.3 Å². The highest BCUT2D eigenvalue weighted by Crippen LogP contribution is 2.42. The summed E-state index contributed by atoms with van der Waals surface area (Å²) in [4.78, 5) is 32.2. The van der Waals surface area contributed by atoms with Crippen molar-refractivity contribution in [1.29, 1.82) is 0 Å². The second-order valence-corrected chi connectivity index (χ2v) is 8.42. The quantitative estimate of drug-likeness (QED) is 0.795. The monoisotopic (exact) mass is 355 g/mol. The largest absolute Gasteiger partial charge is 0.392 e. The molecule has 2 unspecified atom stereocenters. The lowest BCUT2D eigenvalue weighted by Gasteiger charge is -2.58. The van der Waals surface area contributed by atoms with Crippen LogP contribution in [0.3, 0.4) is 0 Å². The summed E-state index contributed by atoms with van der Waals surface area (Å²) < 4.78 is 0. The Labute approximate surface area is 153 Å². The van der Waals surface area contributed by atoms with E-state index < -0.39 is 11.6 Å². The Hall–Kier alpha value is -1.76. The standard InChI is InChI=1S/C20H25N3O3/c24-16-8-17-18(25)22(10-14-4-2-1-3-5-14)19(26)20(23(17)11-16)12-21(13-20)9-15-6-7-15/h1-5,15-17,24H,6-13H2. The lowest BCUT2D eigenvalue weighted by Crippen LogP contribution is -2.81. The molecule has 138 valence electrons. The van der Waals surface area contributed by atoms with Crippen LogP contribution in [0.15, 0.2) is 30.3 Å². The number of carbonyl (C=O) groups excluding carboxylic acids is 2. The zero-order chi connectivity index (χ0) is 17.9. The highest BCUT2D eigenvalue weighted by atomic mass is 16.3. The van der Waals surface area contributed by atoms with E-state index in [9.17, 15) is 14.7 Å². The van der Waals surface area contributed by atoms with Gasteiger partial charge < -0.3 is 5.11 Å². The van der Waals surface area contributed by atoms with Gasteiger partial charge in [0.1, 0.15) is 5.54 Å². The summed E-state index contributed by atoms with van der Waals surface area (Å²) in [6, 6.07) is 9.32. The van der Waals surface area contributed by atoms with Crippen molar-refractivity contribution < 1.29 is 14.7 Å². The minimum atomic E-state index is -0.625. The summed E-state index contributed by atoms with van der Waals surface area (Å²) >= 11 is 0. The summed E-state index contributed by atoms with van der Waals surface area (Å²) in [7, 11) is 0. The molecule has 4 fully saturated rings. The third-order valence-electron chi connectivity index (χ3n) is 6.39. The first-order chi connectivity index (χ1) is 12.6. The Balaban J connectivity index is 1.42. The molecule has 1 spiro atoms. The molecule has 6 nitrogen and oxygen atoms in total. The van der Waals surface area contributed by atoms with Gasteiger partial charge in [0.05, 0.1) is 18.7 Å². The van der Waals surface area contributed by atoms with Crippen LogP contribution >= 0.6 is 0 Å². The Morgan fingerprint density at radius 3 is 2.54 bits per heavy atom. The van der Waals surface area contributed by atoms with E-state index in [1.807, 2.05) is 35.2 Å². The van der Waals surface area contributed by atoms with Crippen molar-refractivity contribution in [3.05, 3.63) is 35.9 Å². The van der Waals surface area contributed by atoms with Crippen LogP contribution in [-0.2, 0) is 16.1 Å². The van der Waals surface area contributed by atoms with Crippen LogP contribution in [0.5, 0.6) is 0 Å². The van der Waals surface area contributed by atoms with E-state index in [1.165, 1.54) is 17.7 Å². The molecule has 0 radical (unpaired) electrons. The number of carbonyl (C=O) groups is 2. The van der Waals surface area contributed by atoms with E-state index in [0.717, 1.165) is 18.0 Å². The first-order valence-corrected chi connectivity index (χ1v) is 9.64. The average Bonchev–Trinajstić information content (AvgIpc) is 3.34. The molecule has 26 heavy (non-hydrogen) atoms. The molecule has 2 amide bonds. The van der Waals surface area contributed by atoms with Crippen LogP contribution in [-0.4, -0.2) is 75.5 Å². The van der Waals surface area contributed by atoms with Gasteiger partial charge in [-0.3, -0.25) is 24.3 Å². The molecule has 1 saturated carbocycles. The maximum Gasteiger partial charge on any atom is 0.252 e. The second kappa shape index (κ2) is 5.87. The Bertz CT molecular complexity index is 727. The van der Waals surface area contributed by atoms with E-state index >= 15 is 0 Å². The summed E-state index contributed by atoms with van der Waals surface area (Å²) in [5, 5.41) is 10.2. The van der Waals surface area contributed by atoms with E-state index in [1.54, 1.807) is 0 Å². The molecule has 1 aliphatic carbocycles. The molecule has 5 rings (SSSR count). The Morgan fingerprint density at radius 2 is 1.85 bits per heavy atom. The van der Waals surface area contributed by atoms with Crippen molar-refractivity contribution in [2.24, 2.45) is 5.92 Å². The fourth-order valence-corrected chi connectivity index (χ4v) is 4.90. The number of aliphatic hydroxyl groups excluding tert-OH is 1. The highest BCUT2D eigenvalue weighted by Gasteiger charge is 2.64. The topological polar surface area (TPSA) is 64.1 Å². The molecule has 2 atom stereocenters. The molecular formula is C20H25N3O3. The molecule has 1 N–H and O–H groups in total. The number of likely N-dealkylation sites (tertiary alicyclic amines) is 1. The van der Waals surface area contributed by atoms with Crippen LogP contribution in [0, 0.1) is 5.92 Å². The predicted octanol–water partition coefficient (Wildman–Crippen LogP) is 0.455. The van der Waals surface area contributed by atoms with Gasteiger partial charge in [-0.05, 0) is 30.7 Å². The van der Waals surface area contributed by atoms with E-state index in [2.05, 4.69) is 4.90 Å². The molecule has 1 aromatic carbocycles. The van der Waals surface area contributed by atoms with Gasteiger partial charge in [-0.15, -0.1) is 0 Å². The summed E-state index contributed by atoms with van der Waals surface area (Å²) in [6.45, 7) is 3.18. The molecule has 4 aliphatic rings. The van der Waals surface area contributed by atoms with Crippen molar-refractivity contribution in [2.75, 3.05) is 26.2 Å². The Kier molecular flexibility index (Phi) is 3.71. The van der Waals surface area contributed by atoms with E-state index in [0.29, 0.717) is 32.6 Å². The molecule has 0 aromatic heterocycles. The molecule has 1 aromatic rings. The molecule has 3 aliphatic heterocycles. The maximum absolute atomic E-state index is 13.4. The van der Waals surface area contributed by atoms with Crippen molar-refractivity contribution in [1.82, 2.24) is 14.7 Å². The number of aliphatic hydroxyl groups is 1. The number of piperazine rings is 1. The van der Waals surface area contributed by atoms with Crippen LogP contribution in [0.4, 0.5) is 0 Å². The van der Waals surface area contributed by atoms with Gasteiger partial charge in [0.25, 0.3) is 5.91 Å². The summed E-state index contributed by atoms with van der Waals surface area (Å²) in [5.74, 6) is 0.554. The summed E-state index contributed by atoms with van der Waals surface area (Å²) in [6.07, 6.45) is 2.49. The molecule has 3 saturated heterocycles. The number of imide groups is 1. The highest BCUT2D eigenvalue weighted by molar-refractivity contribution is 6.06. The fraction of sp³-hybridized carbons (Fsp3) is 0.600. The zero-order valence-corrected chi connectivity index (χ0v) is 14.9. The van der Waals surface area contributed by atoms with Gasteiger partial charge in [0.15, 0.2) is 0 Å². The first kappa shape index (κ1) is 16.4. The molecular weight excluding hydrogens is 330 g/mol. The minimum Gasteiger partial charge on any atom is -0.392 e. The number of hydrogen-bond donors (Lipinski definition) is 1. The fourth-order valence-electron chi connectivity index (χ4n) is 4.90. The first-order valence-electron chi connectivity index (χ1n) is 9.64. The third-order valence-corrected chi connectivity index (χ3v) is 6.39. The minimum absolute atomic E-state index is 0.0799.